The normalized spacial score (nSPS) is 13.9. The maximum absolute atomic E-state index is 4.24. The van der Waals surface area contributed by atoms with E-state index < -0.39 is 0 Å². The summed E-state index contributed by atoms with van der Waals surface area (Å²) in [4.78, 5) is 4.24. The van der Waals surface area contributed by atoms with Crippen LogP contribution >= 0.6 is 0 Å². The molecule has 0 aliphatic heterocycles. The number of hydrogen-bond acceptors (Lipinski definition) is 1. The Labute approximate surface area is 108 Å². The Bertz CT molecular complexity index is 596. The molecule has 0 unspecified atom stereocenters. The predicted octanol–water partition coefficient (Wildman–Crippen LogP) is 3.96. The number of nitrogens with zero attached hydrogens (tertiary/aromatic N) is 1. The molecule has 0 radical (unpaired) electrons. The SMILES string of the molecule is Cc1ccncc1CC1=CCCc2ccccc21. The molecule has 0 saturated carbocycles. The van der Waals surface area contributed by atoms with Crippen LogP contribution in [0.3, 0.4) is 0 Å². The largest absolute Gasteiger partial charge is 0.264 e. The molecule has 0 amide bonds. The highest BCUT2D eigenvalue weighted by Gasteiger charge is 2.12. The zero-order valence-electron chi connectivity index (χ0n) is 10.7. The summed E-state index contributed by atoms with van der Waals surface area (Å²) in [6.45, 7) is 2.16. The Hall–Kier alpha value is -1.89. The zero-order chi connectivity index (χ0) is 12.4. The van der Waals surface area contributed by atoms with Gasteiger partial charge >= 0.3 is 0 Å². The number of benzene rings is 1. The highest BCUT2D eigenvalue weighted by Crippen LogP contribution is 2.29. The second kappa shape index (κ2) is 4.77. The van der Waals surface area contributed by atoms with Crippen LogP contribution in [0.5, 0.6) is 0 Å². The summed E-state index contributed by atoms with van der Waals surface area (Å²) in [5.41, 5.74) is 7.02. The second-order valence-corrected chi connectivity index (χ2v) is 4.90. The predicted molar refractivity (Wildman–Crippen MR) is 75.4 cm³/mol. The van der Waals surface area contributed by atoms with Gasteiger partial charge in [0.05, 0.1) is 0 Å². The number of allylic oxidation sites excluding steroid dienone is 2. The number of pyridine rings is 1. The molecule has 1 nitrogen and oxygen atoms in total. The third kappa shape index (κ3) is 2.08. The van der Waals surface area contributed by atoms with Crippen LogP contribution in [0.4, 0.5) is 0 Å². The summed E-state index contributed by atoms with van der Waals surface area (Å²) in [5, 5.41) is 0. The lowest BCUT2D eigenvalue weighted by atomic mass is 9.87. The van der Waals surface area contributed by atoms with E-state index in [9.17, 15) is 0 Å². The van der Waals surface area contributed by atoms with Gasteiger partial charge in [-0.15, -0.1) is 0 Å². The van der Waals surface area contributed by atoms with Gasteiger partial charge < -0.3 is 0 Å². The highest BCUT2D eigenvalue weighted by molar-refractivity contribution is 5.72. The standard InChI is InChI=1S/C17H17N/c1-13-9-10-18-12-16(13)11-15-7-4-6-14-5-2-3-8-17(14)15/h2-3,5,7-10,12H,4,6,11H2,1H3. The van der Waals surface area contributed by atoms with Crippen molar-refractivity contribution in [3.05, 3.63) is 71.1 Å². The summed E-state index contributed by atoms with van der Waals surface area (Å²) in [6, 6.07) is 10.8. The van der Waals surface area contributed by atoms with E-state index in [1.165, 1.54) is 34.2 Å². The molecule has 0 spiro atoms. The minimum atomic E-state index is 0.997. The Kier molecular flexibility index (Phi) is 2.97. The monoisotopic (exact) mass is 235 g/mol. The molecule has 1 aliphatic carbocycles. The van der Waals surface area contributed by atoms with Crippen molar-refractivity contribution in [3.8, 4) is 0 Å². The fourth-order valence-corrected chi connectivity index (χ4v) is 2.62. The summed E-state index contributed by atoms with van der Waals surface area (Å²) >= 11 is 0. The quantitative estimate of drug-likeness (QED) is 0.767. The molecular weight excluding hydrogens is 218 g/mol. The average Bonchev–Trinajstić information content (AvgIpc) is 2.42. The van der Waals surface area contributed by atoms with Gasteiger partial charge in [0, 0.05) is 12.4 Å². The molecule has 3 rings (SSSR count). The van der Waals surface area contributed by atoms with Gasteiger partial charge in [0.1, 0.15) is 0 Å². The minimum absolute atomic E-state index is 0.997. The lowest BCUT2D eigenvalue weighted by Gasteiger charge is -2.18. The second-order valence-electron chi connectivity index (χ2n) is 4.90. The molecule has 0 saturated heterocycles. The molecule has 18 heavy (non-hydrogen) atoms. The topological polar surface area (TPSA) is 12.9 Å². The molecule has 1 aliphatic rings. The van der Waals surface area contributed by atoms with Crippen LogP contribution in [0.25, 0.3) is 5.57 Å². The van der Waals surface area contributed by atoms with Gasteiger partial charge in [0.2, 0.25) is 0 Å². The van der Waals surface area contributed by atoms with E-state index >= 15 is 0 Å². The Morgan fingerprint density at radius 1 is 1.17 bits per heavy atom. The van der Waals surface area contributed by atoms with Crippen LogP contribution in [-0.2, 0) is 12.8 Å². The van der Waals surface area contributed by atoms with Crippen LogP contribution in [0.1, 0.15) is 28.7 Å². The maximum Gasteiger partial charge on any atom is 0.0305 e. The Morgan fingerprint density at radius 3 is 2.94 bits per heavy atom. The van der Waals surface area contributed by atoms with E-state index in [1.54, 1.807) is 0 Å². The van der Waals surface area contributed by atoms with Crippen molar-refractivity contribution in [3.63, 3.8) is 0 Å². The zero-order valence-corrected chi connectivity index (χ0v) is 10.7. The Balaban J connectivity index is 1.95. The first-order chi connectivity index (χ1) is 8.84. The molecule has 0 atom stereocenters. The van der Waals surface area contributed by atoms with Crippen LogP contribution in [0, 0.1) is 6.92 Å². The lowest BCUT2D eigenvalue weighted by molar-refractivity contribution is 0.964. The molecule has 1 aromatic carbocycles. The number of fused-ring (bicyclic) bond motifs is 1. The van der Waals surface area contributed by atoms with E-state index in [4.69, 9.17) is 0 Å². The van der Waals surface area contributed by atoms with E-state index in [-0.39, 0.29) is 0 Å². The summed E-state index contributed by atoms with van der Waals surface area (Å²) in [5.74, 6) is 0. The molecule has 1 heterocycles. The number of rotatable bonds is 2. The van der Waals surface area contributed by atoms with Gasteiger partial charge in [-0.3, -0.25) is 4.98 Å². The van der Waals surface area contributed by atoms with Crippen molar-refractivity contribution in [2.24, 2.45) is 0 Å². The highest BCUT2D eigenvalue weighted by atomic mass is 14.6. The summed E-state index contributed by atoms with van der Waals surface area (Å²) in [6.07, 6.45) is 9.57. The first-order valence-corrected chi connectivity index (χ1v) is 6.51. The van der Waals surface area contributed by atoms with Gasteiger partial charge in [-0.1, -0.05) is 30.3 Å². The number of aryl methyl sites for hydroxylation is 2. The van der Waals surface area contributed by atoms with Crippen LogP contribution in [-0.4, -0.2) is 4.98 Å². The van der Waals surface area contributed by atoms with E-state index in [1.807, 2.05) is 12.4 Å². The van der Waals surface area contributed by atoms with Crippen molar-refractivity contribution >= 4 is 5.57 Å². The van der Waals surface area contributed by atoms with Gasteiger partial charge in [-0.2, -0.15) is 0 Å². The summed E-state index contributed by atoms with van der Waals surface area (Å²) in [7, 11) is 0. The van der Waals surface area contributed by atoms with Crippen molar-refractivity contribution in [2.75, 3.05) is 0 Å². The molecule has 0 fully saturated rings. The minimum Gasteiger partial charge on any atom is -0.264 e. The first-order valence-electron chi connectivity index (χ1n) is 6.51. The van der Waals surface area contributed by atoms with E-state index in [0.717, 1.165) is 12.8 Å². The molecule has 90 valence electrons. The van der Waals surface area contributed by atoms with Crippen molar-refractivity contribution in [1.82, 2.24) is 4.98 Å². The smallest absolute Gasteiger partial charge is 0.0305 e. The summed E-state index contributed by atoms with van der Waals surface area (Å²) < 4.78 is 0. The molecule has 0 bridgehead atoms. The Morgan fingerprint density at radius 2 is 2.06 bits per heavy atom. The molecule has 0 N–H and O–H groups in total. The van der Waals surface area contributed by atoms with Gasteiger partial charge in [0.25, 0.3) is 0 Å². The molecular formula is C17H17N. The maximum atomic E-state index is 4.24. The van der Waals surface area contributed by atoms with E-state index in [2.05, 4.69) is 48.3 Å². The number of hydrogen-bond donors (Lipinski definition) is 0. The van der Waals surface area contributed by atoms with Crippen molar-refractivity contribution in [2.45, 2.75) is 26.2 Å². The number of aromatic nitrogens is 1. The average molecular weight is 235 g/mol. The van der Waals surface area contributed by atoms with Crippen molar-refractivity contribution in [1.29, 1.82) is 0 Å². The van der Waals surface area contributed by atoms with Gasteiger partial charge in [-0.25, -0.2) is 0 Å². The third-order valence-corrected chi connectivity index (χ3v) is 3.70. The van der Waals surface area contributed by atoms with Crippen LogP contribution in [0.2, 0.25) is 0 Å². The van der Waals surface area contributed by atoms with Gasteiger partial charge in [0.15, 0.2) is 0 Å². The molecule has 1 heteroatoms. The lowest BCUT2D eigenvalue weighted by Crippen LogP contribution is -2.02. The van der Waals surface area contributed by atoms with Crippen LogP contribution < -0.4 is 0 Å². The van der Waals surface area contributed by atoms with Gasteiger partial charge in [-0.05, 0) is 60.1 Å². The fraction of sp³-hybridized carbons (Fsp3) is 0.235. The molecule has 1 aromatic heterocycles. The third-order valence-electron chi connectivity index (χ3n) is 3.70. The first kappa shape index (κ1) is 11.2. The molecule has 2 aromatic rings. The fourth-order valence-electron chi connectivity index (χ4n) is 2.62. The van der Waals surface area contributed by atoms with E-state index in [0.29, 0.717) is 0 Å². The van der Waals surface area contributed by atoms with Crippen molar-refractivity contribution < 1.29 is 0 Å². The van der Waals surface area contributed by atoms with Crippen LogP contribution in [0.15, 0.2) is 48.8 Å².